The summed E-state index contributed by atoms with van der Waals surface area (Å²) in [6.07, 6.45) is -0.910. The summed E-state index contributed by atoms with van der Waals surface area (Å²) < 4.78 is 9.76. The zero-order valence-electron chi connectivity index (χ0n) is 12.8. The number of hydrogen-bond acceptors (Lipinski definition) is 5. The van der Waals surface area contributed by atoms with Crippen molar-refractivity contribution in [2.45, 2.75) is 31.4 Å². The second-order valence-electron chi connectivity index (χ2n) is 5.27. The van der Waals surface area contributed by atoms with Crippen LogP contribution in [0.1, 0.15) is 18.4 Å². The lowest BCUT2D eigenvalue weighted by atomic mass is 10.1. The third kappa shape index (κ3) is 4.21. The highest BCUT2D eigenvalue weighted by Crippen LogP contribution is 2.20. The summed E-state index contributed by atoms with van der Waals surface area (Å²) in [4.78, 5) is 36.4. The van der Waals surface area contributed by atoms with Gasteiger partial charge in [-0.05, 0) is 18.4 Å². The van der Waals surface area contributed by atoms with Crippen molar-refractivity contribution in [3.05, 3.63) is 35.9 Å². The smallest absolute Gasteiger partial charge is 0.411 e. The number of ether oxygens (including phenoxy) is 2. The van der Waals surface area contributed by atoms with E-state index in [2.05, 4.69) is 4.74 Å². The van der Waals surface area contributed by atoms with Crippen LogP contribution < -0.4 is 0 Å². The summed E-state index contributed by atoms with van der Waals surface area (Å²) in [5.74, 6) is -1.74. The highest BCUT2D eigenvalue weighted by molar-refractivity contribution is 5.83. The molecular weight excluding hydrogens is 302 g/mol. The lowest BCUT2D eigenvalue weighted by molar-refractivity contribution is -0.148. The number of methoxy groups -OCH3 is 1. The van der Waals surface area contributed by atoms with Crippen molar-refractivity contribution in [1.29, 1.82) is 0 Å². The fourth-order valence-corrected chi connectivity index (χ4v) is 2.56. The lowest BCUT2D eigenvalue weighted by Gasteiger charge is -2.24. The minimum absolute atomic E-state index is 0.0681. The molecule has 124 valence electrons. The topological polar surface area (TPSA) is 93.1 Å². The van der Waals surface area contributed by atoms with Crippen LogP contribution in [0.15, 0.2) is 30.3 Å². The Morgan fingerprint density at radius 1 is 1.30 bits per heavy atom. The number of aliphatic carboxylic acids is 1. The van der Waals surface area contributed by atoms with Gasteiger partial charge >= 0.3 is 18.0 Å². The molecule has 23 heavy (non-hydrogen) atoms. The summed E-state index contributed by atoms with van der Waals surface area (Å²) >= 11 is 0. The molecule has 1 aliphatic heterocycles. The second kappa shape index (κ2) is 7.62. The van der Waals surface area contributed by atoms with E-state index in [9.17, 15) is 19.5 Å². The van der Waals surface area contributed by atoms with Gasteiger partial charge in [-0.2, -0.15) is 0 Å². The van der Waals surface area contributed by atoms with E-state index in [1.807, 2.05) is 6.07 Å². The van der Waals surface area contributed by atoms with Crippen LogP contribution in [0.25, 0.3) is 0 Å². The molecule has 1 fully saturated rings. The summed E-state index contributed by atoms with van der Waals surface area (Å²) in [7, 11) is 1.25. The minimum Gasteiger partial charge on any atom is -0.478 e. The van der Waals surface area contributed by atoms with Gasteiger partial charge in [0, 0.05) is 13.0 Å². The number of amides is 1. The average Bonchev–Trinajstić information content (AvgIpc) is 3.04. The Hall–Kier alpha value is -2.57. The highest BCUT2D eigenvalue weighted by Gasteiger charge is 2.37. The molecule has 1 aliphatic rings. The molecule has 7 nitrogen and oxygen atoms in total. The standard InChI is InChI=1S/C16H19NO6/c1-22-15(20)12-8-5-9-17(12)16(21)23-13(14(18)19)10-11-6-3-2-4-7-11/h2-4,6-7,12-13H,5,8-10H2,1H3,(H,18,19)/t12-,13?/m0/s1. The highest BCUT2D eigenvalue weighted by atomic mass is 16.6. The van der Waals surface area contributed by atoms with Crippen LogP contribution in [0, 0.1) is 0 Å². The number of carbonyl (C=O) groups is 3. The minimum atomic E-state index is -1.30. The third-order valence-electron chi connectivity index (χ3n) is 3.74. The zero-order valence-corrected chi connectivity index (χ0v) is 12.8. The summed E-state index contributed by atoms with van der Waals surface area (Å²) in [5.41, 5.74) is 0.749. The third-order valence-corrected chi connectivity index (χ3v) is 3.74. The van der Waals surface area contributed by atoms with Crippen LogP contribution in [-0.2, 0) is 25.5 Å². The van der Waals surface area contributed by atoms with Gasteiger partial charge in [0.2, 0.25) is 6.10 Å². The Morgan fingerprint density at radius 2 is 2.00 bits per heavy atom. The first-order valence-corrected chi connectivity index (χ1v) is 7.34. The maximum atomic E-state index is 12.2. The molecule has 0 saturated carbocycles. The number of carboxylic acids is 1. The number of carbonyl (C=O) groups excluding carboxylic acids is 2. The Balaban J connectivity index is 2.03. The first-order chi connectivity index (χ1) is 11.0. The van der Waals surface area contributed by atoms with Crippen LogP contribution >= 0.6 is 0 Å². The number of nitrogens with zero attached hydrogens (tertiary/aromatic N) is 1. The van der Waals surface area contributed by atoms with Crippen molar-refractivity contribution >= 4 is 18.0 Å². The zero-order chi connectivity index (χ0) is 16.8. The van der Waals surface area contributed by atoms with Gasteiger partial charge in [0.15, 0.2) is 0 Å². The van der Waals surface area contributed by atoms with E-state index in [4.69, 9.17) is 4.74 Å². The summed E-state index contributed by atoms with van der Waals surface area (Å²) in [6, 6.07) is 8.19. The Bertz CT molecular complexity index is 573. The molecule has 1 heterocycles. The van der Waals surface area contributed by atoms with Crippen molar-refractivity contribution in [2.75, 3.05) is 13.7 Å². The van der Waals surface area contributed by atoms with E-state index in [0.717, 1.165) is 5.56 Å². The number of likely N-dealkylation sites (tertiary alicyclic amines) is 1. The molecule has 1 unspecified atom stereocenters. The molecule has 1 aromatic carbocycles. The molecule has 2 rings (SSSR count). The number of rotatable bonds is 5. The molecule has 1 aromatic rings. The molecule has 0 spiro atoms. The van der Waals surface area contributed by atoms with Crippen molar-refractivity contribution < 1.29 is 29.0 Å². The SMILES string of the molecule is COC(=O)[C@@H]1CCCN1C(=O)OC(Cc1ccccc1)C(=O)O. The van der Waals surface area contributed by atoms with Gasteiger partial charge in [-0.25, -0.2) is 14.4 Å². The molecule has 0 aromatic heterocycles. The summed E-state index contributed by atoms with van der Waals surface area (Å²) in [6.45, 7) is 0.344. The summed E-state index contributed by atoms with van der Waals surface area (Å²) in [5, 5.41) is 9.26. The van der Waals surface area contributed by atoms with Crippen LogP contribution in [0.2, 0.25) is 0 Å². The molecule has 1 N–H and O–H groups in total. The van der Waals surface area contributed by atoms with E-state index < -0.39 is 30.2 Å². The lowest BCUT2D eigenvalue weighted by Crippen LogP contribution is -2.44. The van der Waals surface area contributed by atoms with Crippen molar-refractivity contribution in [3.63, 3.8) is 0 Å². The molecule has 0 radical (unpaired) electrons. The van der Waals surface area contributed by atoms with E-state index >= 15 is 0 Å². The largest absolute Gasteiger partial charge is 0.478 e. The molecule has 2 atom stereocenters. The Kier molecular flexibility index (Phi) is 5.56. The monoisotopic (exact) mass is 321 g/mol. The van der Waals surface area contributed by atoms with Gasteiger partial charge in [-0.3, -0.25) is 4.90 Å². The van der Waals surface area contributed by atoms with Gasteiger partial charge < -0.3 is 14.6 Å². The quantitative estimate of drug-likeness (QED) is 0.825. The number of hydrogen-bond donors (Lipinski definition) is 1. The van der Waals surface area contributed by atoms with Gasteiger partial charge in [-0.1, -0.05) is 30.3 Å². The van der Waals surface area contributed by atoms with E-state index in [-0.39, 0.29) is 6.42 Å². The van der Waals surface area contributed by atoms with Gasteiger partial charge in [0.1, 0.15) is 6.04 Å². The number of carboxylic acid groups (broad SMARTS) is 1. The molecule has 0 bridgehead atoms. The molecule has 0 aliphatic carbocycles. The van der Waals surface area contributed by atoms with Crippen molar-refractivity contribution in [2.24, 2.45) is 0 Å². The van der Waals surface area contributed by atoms with E-state index in [1.54, 1.807) is 24.3 Å². The fraction of sp³-hybridized carbons (Fsp3) is 0.438. The molecule has 7 heteroatoms. The molecular formula is C16H19NO6. The predicted octanol–water partition coefficient (Wildman–Crippen LogP) is 1.46. The predicted molar refractivity (Wildman–Crippen MR) is 79.8 cm³/mol. The van der Waals surface area contributed by atoms with Gasteiger partial charge in [0.25, 0.3) is 0 Å². The first-order valence-electron chi connectivity index (χ1n) is 7.34. The van der Waals surface area contributed by atoms with Crippen LogP contribution in [0.3, 0.4) is 0 Å². The van der Waals surface area contributed by atoms with Crippen molar-refractivity contribution in [1.82, 2.24) is 4.90 Å². The fourth-order valence-electron chi connectivity index (χ4n) is 2.56. The van der Waals surface area contributed by atoms with Gasteiger partial charge in [0.05, 0.1) is 7.11 Å². The van der Waals surface area contributed by atoms with E-state index in [1.165, 1.54) is 12.0 Å². The molecule has 1 amide bonds. The normalized spacial score (nSPS) is 18.3. The maximum absolute atomic E-state index is 12.2. The van der Waals surface area contributed by atoms with Crippen LogP contribution in [0.4, 0.5) is 4.79 Å². The number of benzene rings is 1. The Morgan fingerprint density at radius 3 is 2.61 bits per heavy atom. The number of esters is 1. The average molecular weight is 321 g/mol. The van der Waals surface area contributed by atoms with Crippen LogP contribution in [-0.4, -0.2) is 53.8 Å². The second-order valence-corrected chi connectivity index (χ2v) is 5.27. The van der Waals surface area contributed by atoms with Crippen molar-refractivity contribution in [3.8, 4) is 0 Å². The van der Waals surface area contributed by atoms with Gasteiger partial charge in [-0.15, -0.1) is 0 Å². The van der Waals surface area contributed by atoms with E-state index in [0.29, 0.717) is 19.4 Å². The van der Waals surface area contributed by atoms with Crippen LogP contribution in [0.5, 0.6) is 0 Å². The Labute approximate surface area is 133 Å². The maximum Gasteiger partial charge on any atom is 0.411 e. The first kappa shape index (κ1) is 16.8. The molecule has 1 saturated heterocycles.